The summed E-state index contributed by atoms with van der Waals surface area (Å²) in [6, 6.07) is 6.50. The van der Waals surface area contributed by atoms with E-state index in [9.17, 15) is 4.79 Å². The highest BCUT2D eigenvalue weighted by Crippen LogP contribution is 2.23. The van der Waals surface area contributed by atoms with E-state index in [1.54, 1.807) is 0 Å². The third-order valence-corrected chi connectivity index (χ3v) is 4.76. The van der Waals surface area contributed by atoms with Gasteiger partial charge in [-0.15, -0.1) is 0 Å². The van der Waals surface area contributed by atoms with Crippen LogP contribution in [0.2, 0.25) is 0 Å². The fraction of sp³-hybridized carbons (Fsp3) is 0.632. The molecule has 0 atom stereocenters. The molecule has 1 aromatic rings. The largest absolute Gasteiger partial charge is 0.369 e. The van der Waals surface area contributed by atoms with Crippen LogP contribution >= 0.6 is 0 Å². The van der Waals surface area contributed by atoms with E-state index in [0.717, 1.165) is 39.1 Å². The van der Waals surface area contributed by atoms with Crippen LogP contribution < -0.4 is 10.2 Å². The number of piperazine rings is 1. The average Bonchev–Trinajstić information content (AvgIpc) is 2.55. The number of unbranched alkanes of at least 4 members (excludes halogenated alkanes) is 2. The van der Waals surface area contributed by atoms with Crippen LogP contribution in [0.1, 0.15) is 37.3 Å². The number of benzene rings is 1. The second-order valence-electron chi connectivity index (χ2n) is 6.54. The molecular weight excluding hydrogens is 286 g/mol. The lowest BCUT2D eigenvalue weighted by atomic mass is 10.1. The molecule has 1 aromatic carbocycles. The molecule has 1 fully saturated rings. The molecule has 0 spiro atoms. The Labute approximate surface area is 140 Å². The van der Waals surface area contributed by atoms with Crippen LogP contribution in [-0.2, 0) is 4.79 Å². The number of hydrogen-bond acceptors (Lipinski definition) is 3. The number of anilines is 1. The molecule has 1 aliphatic rings. The van der Waals surface area contributed by atoms with Gasteiger partial charge in [0.1, 0.15) is 0 Å². The first-order valence-corrected chi connectivity index (χ1v) is 8.92. The maximum absolute atomic E-state index is 12.0. The quantitative estimate of drug-likeness (QED) is 0.786. The minimum Gasteiger partial charge on any atom is -0.369 e. The van der Waals surface area contributed by atoms with Crippen molar-refractivity contribution in [3.63, 3.8) is 0 Å². The van der Waals surface area contributed by atoms with Crippen LogP contribution in [0.4, 0.5) is 5.69 Å². The van der Waals surface area contributed by atoms with Gasteiger partial charge >= 0.3 is 0 Å². The van der Waals surface area contributed by atoms with E-state index in [0.29, 0.717) is 6.54 Å². The molecule has 0 unspecified atom stereocenters. The van der Waals surface area contributed by atoms with Crippen LogP contribution in [0, 0.1) is 13.8 Å². The third kappa shape index (κ3) is 5.24. The monoisotopic (exact) mass is 317 g/mol. The summed E-state index contributed by atoms with van der Waals surface area (Å²) >= 11 is 0. The first-order valence-electron chi connectivity index (χ1n) is 8.92. The Kier molecular flexibility index (Phi) is 6.90. The van der Waals surface area contributed by atoms with Gasteiger partial charge in [0.2, 0.25) is 5.91 Å². The van der Waals surface area contributed by atoms with Crippen molar-refractivity contribution in [2.45, 2.75) is 40.0 Å². The minimum absolute atomic E-state index is 0.168. The van der Waals surface area contributed by atoms with Gasteiger partial charge < -0.3 is 10.2 Å². The van der Waals surface area contributed by atoms with Crippen molar-refractivity contribution < 1.29 is 4.79 Å². The third-order valence-electron chi connectivity index (χ3n) is 4.76. The van der Waals surface area contributed by atoms with Gasteiger partial charge in [-0.05, 0) is 37.5 Å². The van der Waals surface area contributed by atoms with Gasteiger partial charge in [-0.25, -0.2) is 0 Å². The van der Waals surface area contributed by atoms with Crippen LogP contribution in [0.3, 0.4) is 0 Å². The predicted molar refractivity (Wildman–Crippen MR) is 97.1 cm³/mol. The molecular formula is C19H31N3O. The van der Waals surface area contributed by atoms with E-state index in [-0.39, 0.29) is 5.91 Å². The number of amides is 1. The summed E-state index contributed by atoms with van der Waals surface area (Å²) in [5.74, 6) is 0.168. The number of carbonyl (C=O) groups is 1. The Morgan fingerprint density at radius 1 is 1.13 bits per heavy atom. The van der Waals surface area contributed by atoms with Gasteiger partial charge in [0.25, 0.3) is 0 Å². The molecule has 1 amide bonds. The summed E-state index contributed by atoms with van der Waals surface area (Å²) < 4.78 is 0. The molecule has 0 aliphatic carbocycles. The number of rotatable bonds is 7. The van der Waals surface area contributed by atoms with Crippen LogP contribution in [0.25, 0.3) is 0 Å². The maximum atomic E-state index is 12.0. The summed E-state index contributed by atoms with van der Waals surface area (Å²) in [5.41, 5.74) is 4.06. The lowest BCUT2D eigenvalue weighted by Crippen LogP contribution is -2.49. The van der Waals surface area contributed by atoms with E-state index >= 15 is 0 Å². The number of nitrogens with one attached hydrogen (secondary N) is 1. The molecule has 128 valence electrons. The van der Waals surface area contributed by atoms with Crippen molar-refractivity contribution >= 4 is 11.6 Å². The lowest BCUT2D eigenvalue weighted by molar-refractivity contribution is -0.122. The van der Waals surface area contributed by atoms with Gasteiger partial charge in [-0.2, -0.15) is 0 Å². The Bertz CT molecular complexity index is 507. The van der Waals surface area contributed by atoms with E-state index in [1.165, 1.54) is 29.7 Å². The molecule has 1 heterocycles. The van der Waals surface area contributed by atoms with E-state index < -0.39 is 0 Å². The Morgan fingerprint density at radius 2 is 1.87 bits per heavy atom. The molecule has 23 heavy (non-hydrogen) atoms. The molecule has 1 aliphatic heterocycles. The molecule has 0 aromatic heterocycles. The summed E-state index contributed by atoms with van der Waals surface area (Å²) in [5, 5.41) is 3.03. The van der Waals surface area contributed by atoms with Gasteiger partial charge in [-0.1, -0.05) is 31.9 Å². The Balaban J connectivity index is 1.75. The van der Waals surface area contributed by atoms with Crippen molar-refractivity contribution in [1.29, 1.82) is 0 Å². The van der Waals surface area contributed by atoms with Crippen molar-refractivity contribution in [1.82, 2.24) is 10.2 Å². The molecule has 4 heteroatoms. The normalized spacial score (nSPS) is 15.7. The Hall–Kier alpha value is -1.55. The average molecular weight is 317 g/mol. The number of nitrogens with zero attached hydrogens (tertiary/aromatic N) is 2. The van der Waals surface area contributed by atoms with Crippen LogP contribution in [0.5, 0.6) is 0 Å². The van der Waals surface area contributed by atoms with E-state index in [1.807, 2.05) is 0 Å². The minimum atomic E-state index is 0.168. The first kappa shape index (κ1) is 17.8. The highest BCUT2D eigenvalue weighted by Gasteiger charge is 2.20. The fourth-order valence-corrected chi connectivity index (χ4v) is 3.09. The van der Waals surface area contributed by atoms with Crippen molar-refractivity contribution in [2.75, 3.05) is 44.2 Å². The van der Waals surface area contributed by atoms with Gasteiger partial charge in [-0.3, -0.25) is 9.69 Å². The molecule has 1 N–H and O–H groups in total. The van der Waals surface area contributed by atoms with Gasteiger partial charge in [0, 0.05) is 38.4 Å². The van der Waals surface area contributed by atoms with Crippen LogP contribution in [0.15, 0.2) is 18.2 Å². The second-order valence-corrected chi connectivity index (χ2v) is 6.54. The zero-order chi connectivity index (χ0) is 16.7. The smallest absolute Gasteiger partial charge is 0.234 e. The lowest BCUT2D eigenvalue weighted by Gasteiger charge is -2.36. The maximum Gasteiger partial charge on any atom is 0.234 e. The van der Waals surface area contributed by atoms with Gasteiger partial charge in [0.15, 0.2) is 0 Å². The Morgan fingerprint density at radius 3 is 2.57 bits per heavy atom. The summed E-state index contributed by atoms with van der Waals surface area (Å²) in [4.78, 5) is 16.7. The molecule has 2 rings (SSSR count). The zero-order valence-electron chi connectivity index (χ0n) is 14.9. The van der Waals surface area contributed by atoms with Crippen molar-refractivity contribution in [3.8, 4) is 0 Å². The van der Waals surface area contributed by atoms with Crippen molar-refractivity contribution in [2.24, 2.45) is 0 Å². The highest BCUT2D eigenvalue weighted by molar-refractivity contribution is 5.78. The highest BCUT2D eigenvalue weighted by atomic mass is 16.2. The van der Waals surface area contributed by atoms with E-state index in [2.05, 4.69) is 54.1 Å². The second kappa shape index (κ2) is 8.92. The predicted octanol–water partition coefficient (Wildman–Crippen LogP) is 2.73. The summed E-state index contributed by atoms with van der Waals surface area (Å²) in [6.07, 6.45) is 3.47. The number of hydrogen-bond donors (Lipinski definition) is 1. The topological polar surface area (TPSA) is 35.6 Å². The SMILES string of the molecule is CCCCCNC(=O)CN1CCN(c2cccc(C)c2C)CC1. The molecule has 0 radical (unpaired) electrons. The summed E-state index contributed by atoms with van der Waals surface area (Å²) in [7, 11) is 0. The first-order chi connectivity index (χ1) is 11.1. The molecule has 4 nitrogen and oxygen atoms in total. The zero-order valence-corrected chi connectivity index (χ0v) is 14.9. The number of carbonyl (C=O) groups excluding carboxylic acids is 1. The van der Waals surface area contributed by atoms with Crippen molar-refractivity contribution in [3.05, 3.63) is 29.3 Å². The number of aryl methyl sites for hydroxylation is 1. The molecule has 0 bridgehead atoms. The fourth-order valence-electron chi connectivity index (χ4n) is 3.09. The van der Waals surface area contributed by atoms with E-state index in [4.69, 9.17) is 0 Å². The van der Waals surface area contributed by atoms with Gasteiger partial charge in [0.05, 0.1) is 6.54 Å². The summed E-state index contributed by atoms with van der Waals surface area (Å²) in [6.45, 7) is 11.8. The van der Waals surface area contributed by atoms with Crippen LogP contribution in [-0.4, -0.2) is 50.1 Å². The molecule has 1 saturated heterocycles. The standard InChI is InChI=1S/C19H31N3O/c1-4-5-6-10-20-19(23)15-21-11-13-22(14-12-21)18-9-7-8-16(2)17(18)3/h7-9H,4-6,10-15H2,1-3H3,(H,20,23). The molecule has 0 saturated carbocycles.